The lowest BCUT2D eigenvalue weighted by molar-refractivity contribution is -0.164. The molecule has 0 amide bonds. The first-order chi connectivity index (χ1) is 16.1. The minimum atomic E-state index is -4.77. The van der Waals surface area contributed by atoms with Crippen molar-refractivity contribution in [1.82, 2.24) is 10.2 Å². The highest BCUT2D eigenvalue weighted by molar-refractivity contribution is 7.46. The molecule has 2 saturated heterocycles. The van der Waals surface area contributed by atoms with Gasteiger partial charge in [0.2, 0.25) is 0 Å². The van der Waals surface area contributed by atoms with Crippen LogP contribution < -0.4 is 5.32 Å². The summed E-state index contributed by atoms with van der Waals surface area (Å²) in [5.41, 5.74) is -0.650. The van der Waals surface area contributed by atoms with E-state index in [-0.39, 0.29) is 6.54 Å². The third-order valence-corrected chi connectivity index (χ3v) is 9.06. The van der Waals surface area contributed by atoms with Crippen LogP contribution in [0.1, 0.15) is 70.6 Å². The van der Waals surface area contributed by atoms with Gasteiger partial charge in [0.25, 0.3) is 0 Å². The Morgan fingerprint density at radius 1 is 0.912 bits per heavy atom. The van der Waals surface area contributed by atoms with Gasteiger partial charge in [-0.1, -0.05) is 38.5 Å². The van der Waals surface area contributed by atoms with Crippen LogP contribution in [0.15, 0.2) is 0 Å². The van der Waals surface area contributed by atoms with Gasteiger partial charge in [-0.05, 0) is 43.9 Å². The topological polar surface area (TPSA) is 172 Å². The molecule has 12 heteroatoms. The predicted molar refractivity (Wildman–Crippen MR) is 121 cm³/mol. The van der Waals surface area contributed by atoms with Gasteiger partial charge >= 0.3 is 7.82 Å². The Balaban J connectivity index is 1.43. The number of phosphoric acid groups is 1. The van der Waals surface area contributed by atoms with Crippen molar-refractivity contribution in [3.05, 3.63) is 0 Å². The summed E-state index contributed by atoms with van der Waals surface area (Å²) < 4.78 is 21.1. The molecule has 2 saturated carbocycles. The summed E-state index contributed by atoms with van der Waals surface area (Å²) in [5.74, 6) is 1.62. The monoisotopic (exact) mass is 508 g/mol. The number of nitrogens with zero attached hydrogens (tertiary/aromatic N) is 1. The summed E-state index contributed by atoms with van der Waals surface area (Å²) >= 11 is 0. The van der Waals surface area contributed by atoms with Crippen LogP contribution in [0.25, 0.3) is 0 Å². The fourth-order valence-electron chi connectivity index (χ4n) is 6.39. The molecule has 4 fully saturated rings. The number of hydrogen-bond donors (Lipinski definition) is 7. The largest absolute Gasteiger partial charge is 0.469 e. The number of fused-ring (bicyclic) bond motifs is 1. The molecule has 9 unspecified atom stereocenters. The van der Waals surface area contributed by atoms with Crippen LogP contribution in [0.5, 0.6) is 0 Å². The van der Waals surface area contributed by atoms with Gasteiger partial charge in [0.1, 0.15) is 24.5 Å². The second-order valence-electron chi connectivity index (χ2n) is 10.6. The molecule has 7 N–H and O–H groups in total. The third-order valence-electron chi connectivity index (χ3n) is 8.57. The Morgan fingerprint density at radius 2 is 1.59 bits per heavy atom. The number of nitrogens with one attached hydrogen (secondary N) is 1. The van der Waals surface area contributed by atoms with Crippen LogP contribution >= 0.6 is 7.82 Å². The predicted octanol–water partition coefficient (Wildman–Crippen LogP) is 0.374. The van der Waals surface area contributed by atoms with Crippen molar-refractivity contribution in [3.63, 3.8) is 0 Å². The third kappa shape index (κ3) is 6.03. The van der Waals surface area contributed by atoms with Crippen LogP contribution in [0.4, 0.5) is 0 Å². The minimum absolute atomic E-state index is 0.211. The minimum Gasteiger partial charge on any atom is -0.391 e. The van der Waals surface area contributed by atoms with Crippen LogP contribution in [0.2, 0.25) is 0 Å². The SMILES string of the molecule is O=P(O)(O)OCC1OC(N2CCC(O)C3(CCCCCC4CCC4CCC3)NC2O)C(O)C1O. The lowest BCUT2D eigenvalue weighted by Crippen LogP contribution is -2.61. The zero-order valence-corrected chi connectivity index (χ0v) is 20.5. The van der Waals surface area contributed by atoms with E-state index < -0.39 is 57.0 Å². The maximum atomic E-state index is 11.2. The maximum Gasteiger partial charge on any atom is 0.469 e. The number of rotatable bonds is 4. The smallest absolute Gasteiger partial charge is 0.391 e. The Kier molecular flexibility index (Phi) is 8.75. The molecule has 4 rings (SSSR count). The molecular weight excluding hydrogens is 467 g/mol. The molecule has 2 aliphatic heterocycles. The zero-order chi connectivity index (χ0) is 24.5. The van der Waals surface area contributed by atoms with E-state index in [1.165, 1.54) is 30.6 Å². The summed E-state index contributed by atoms with van der Waals surface area (Å²) in [6.07, 6.45) is 4.02. The molecular formula is C22H41N2O9P. The van der Waals surface area contributed by atoms with Gasteiger partial charge in [-0.2, -0.15) is 0 Å². The molecule has 0 radical (unpaired) electrons. The van der Waals surface area contributed by atoms with E-state index >= 15 is 0 Å². The second kappa shape index (κ2) is 11.1. The van der Waals surface area contributed by atoms with Crippen LogP contribution in [0.3, 0.4) is 0 Å². The van der Waals surface area contributed by atoms with E-state index in [9.17, 15) is 25.0 Å². The number of aliphatic hydroxyl groups is 4. The average Bonchev–Trinajstić information content (AvgIpc) is 2.95. The Morgan fingerprint density at radius 3 is 2.26 bits per heavy atom. The maximum absolute atomic E-state index is 11.2. The zero-order valence-electron chi connectivity index (χ0n) is 19.6. The van der Waals surface area contributed by atoms with Crippen molar-refractivity contribution in [2.45, 2.75) is 113 Å². The van der Waals surface area contributed by atoms with E-state index in [4.69, 9.17) is 14.5 Å². The molecule has 2 aliphatic carbocycles. The average molecular weight is 509 g/mol. The van der Waals surface area contributed by atoms with Crippen LogP contribution in [-0.4, -0.2) is 90.8 Å². The van der Waals surface area contributed by atoms with Gasteiger partial charge in [0.05, 0.1) is 12.7 Å². The summed E-state index contributed by atoms with van der Waals surface area (Å²) in [6, 6.07) is 0. The van der Waals surface area contributed by atoms with Crippen molar-refractivity contribution >= 4 is 7.82 Å². The molecule has 1 spiro atoms. The van der Waals surface area contributed by atoms with Crippen LogP contribution in [0, 0.1) is 11.8 Å². The second-order valence-corrected chi connectivity index (χ2v) is 11.9. The van der Waals surface area contributed by atoms with Crippen LogP contribution in [-0.2, 0) is 13.8 Å². The fourth-order valence-corrected chi connectivity index (χ4v) is 6.73. The number of hydrogen-bond acceptors (Lipinski definition) is 9. The fraction of sp³-hybridized carbons (Fsp3) is 1.00. The lowest BCUT2D eigenvalue weighted by atomic mass is 9.69. The summed E-state index contributed by atoms with van der Waals surface area (Å²) in [6.45, 7) is -0.395. The molecule has 198 valence electrons. The molecule has 2 heterocycles. The summed E-state index contributed by atoms with van der Waals surface area (Å²) in [4.78, 5) is 19.3. The highest BCUT2D eigenvalue weighted by Gasteiger charge is 2.51. The number of phosphoric ester groups is 1. The Labute approximate surface area is 200 Å². The molecule has 0 aromatic carbocycles. The van der Waals surface area contributed by atoms with Crippen molar-refractivity contribution < 1.29 is 44.0 Å². The quantitative estimate of drug-likeness (QED) is 0.262. The molecule has 0 aromatic rings. The first-order valence-electron chi connectivity index (χ1n) is 12.7. The van der Waals surface area contributed by atoms with Crippen molar-refractivity contribution in [1.29, 1.82) is 0 Å². The van der Waals surface area contributed by atoms with Crippen molar-refractivity contribution in [2.75, 3.05) is 13.2 Å². The van der Waals surface area contributed by atoms with E-state index in [1.807, 2.05) is 0 Å². The molecule has 34 heavy (non-hydrogen) atoms. The highest BCUT2D eigenvalue weighted by Crippen LogP contribution is 2.43. The Hall–Kier alpha value is -0.170. The molecule has 0 bridgehead atoms. The van der Waals surface area contributed by atoms with E-state index in [0.29, 0.717) is 6.42 Å². The van der Waals surface area contributed by atoms with Gasteiger partial charge in [-0.3, -0.25) is 9.84 Å². The molecule has 4 aliphatic rings. The molecule has 0 aromatic heterocycles. The van der Waals surface area contributed by atoms with E-state index in [0.717, 1.165) is 50.4 Å². The summed E-state index contributed by atoms with van der Waals surface area (Å²) in [7, 11) is -4.77. The Bertz CT molecular complexity index is 726. The van der Waals surface area contributed by atoms with Gasteiger partial charge in [0, 0.05) is 12.1 Å². The number of ether oxygens (including phenoxy) is 1. The van der Waals surface area contributed by atoms with Gasteiger partial charge < -0.3 is 34.9 Å². The number of aliphatic hydroxyl groups excluding tert-OH is 4. The van der Waals surface area contributed by atoms with Crippen molar-refractivity contribution in [2.24, 2.45) is 11.8 Å². The van der Waals surface area contributed by atoms with Gasteiger partial charge in [-0.25, -0.2) is 9.46 Å². The van der Waals surface area contributed by atoms with E-state index in [1.54, 1.807) is 0 Å². The first kappa shape index (κ1) is 26.9. The molecule has 9 atom stereocenters. The standard InChI is InChI=1S/C22H41N2O9P/c25-17-9-12-24(20-19(27)18(26)16(33-20)13-32-34(29,30)31)21(28)23-22(17)10-3-1-2-5-14-7-8-15(14)6-4-11-22/h14-21,23,25-28H,1-13H2,(H2,29,30,31). The van der Waals surface area contributed by atoms with Crippen molar-refractivity contribution in [3.8, 4) is 0 Å². The normalized spacial score (nSPS) is 45.2. The van der Waals surface area contributed by atoms with Gasteiger partial charge in [0.15, 0.2) is 6.35 Å². The summed E-state index contributed by atoms with van der Waals surface area (Å²) in [5, 5.41) is 46.5. The van der Waals surface area contributed by atoms with E-state index in [2.05, 4.69) is 9.84 Å². The lowest BCUT2D eigenvalue weighted by Gasteiger charge is -2.41. The van der Waals surface area contributed by atoms with Gasteiger partial charge in [-0.15, -0.1) is 0 Å². The molecule has 11 nitrogen and oxygen atoms in total. The highest BCUT2D eigenvalue weighted by atomic mass is 31.2. The first-order valence-corrected chi connectivity index (χ1v) is 14.2.